The van der Waals surface area contributed by atoms with E-state index in [-0.39, 0.29) is 0 Å². The van der Waals surface area contributed by atoms with E-state index in [0.29, 0.717) is 24.1 Å². The third-order valence-corrected chi connectivity index (χ3v) is 2.30. The molecule has 0 saturated carbocycles. The topological polar surface area (TPSA) is 62.3 Å². The first-order valence-electron chi connectivity index (χ1n) is 4.75. The first-order chi connectivity index (χ1) is 6.75. The summed E-state index contributed by atoms with van der Waals surface area (Å²) in [6.45, 7) is 2.26. The predicted molar refractivity (Wildman–Crippen MR) is 52.0 cm³/mol. The van der Waals surface area contributed by atoms with E-state index in [0.717, 1.165) is 19.6 Å². The molecule has 5 nitrogen and oxygen atoms in total. The van der Waals surface area contributed by atoms with Crippen molar-refractivity contribution < 1.29 is 9.47 Å². The number of aromatic nitrogens is 2. The van der Waals surface area contributed by atoms with Crippen LogP contribution < -0.4 is 10.5 Å². The Kier molecular flexibility index (Phi) is 2.58. The molecule has 2 N–H and O–H groups in total. The second-order valence-electron chi connectivity index (χ2n) is 3.60. The summed E-state index contributed by atoms with van der Waals surface area (Å²) in [5.74, 6) is 1.01. The van der Waals surface area contributed by atoms with Crippen LogP contribution in [-0.4, -0.2) is 29.6 Å². The molecule has 1 fully saturated rings. The number of nitrogens with two attached hydrogens (primary N) is 1. The van der Waals surface area contributed by atoms with Crippen LogP contribution in [0.15, 0.2) is 6.20 Å². The Balaban J connectivity index is 1.87. The van der Waals surface area contributed by atoms with Crippen LogP contribution in [0.3, 0.4) is 0 Å². The molecule has 78 valence electrons. The van der Waals surface area contributed by atoms with Gasteiger partial charge in [-0.2, -0.15) is 0 Å². The van der Waals surface area contributed by atoms with Crippen molar-refractivity contribution in [2.24, 2.45) is 13.0 Å². The Morgan fingerprint density at radius 2 is 2.64 bits per heavy atom. The summed E-state index contributed by atoms with van der Waals surface area (Å²) in [6, 6.07) is 0. The van der Waals surface area contributed by atoms with Crippen LogP contribution in [0.4, 0.5) is 5.69 Å². The van der Waals surface area contributed by atoms with E-state index in [9.17, 15) is 0 Å². The van der Waals surface area contributed by atoms with E-state index < -0.39 is 0 Å². The highest BCUT2D eigenvalue weighted by Gasteiger charge is 2.17. The monoisotopic (exact) mass is 197 g/mol. The molecule has 0 spiro atoms. The molecular formula is C9H15N3O2. The fourth-order valence-corrected chi connectivity index (χ4v) is 1.51. The highest BCUT2D eigenvalue weighted by Crippen LogP contribution is 2.20. The summed E-state index contributed by atoms with van der Waals surface area (Å²) in [6.07, 6.45) is 2.80. The highest BCUT2D eigenvalue weighted by atomic mass is 16.5. The normalized spacial score (nSPS) is 21.4. The summed E-state index contributed by atoms with van der Waals surface area (Å²) >= 11 is 0. The van der Waals surface area contributed by atoms with Gasteiger partial charge in [0.2, 0.25) is 0 Å². The molecule has 1 aromatic heterocycles. The third kappa shape index (κ3) is 1.98. The second kappa shape index (κ2) is 3.88. The molecule has 0 aromatic carbocycles. The van der Waals surface area contributed by atoms with Gasteiger partial charge in [-0.15, -0.1) is 5.10 Å². The van der Waals surface area contributed by atoms with Gasteiger partial charge in [0, 0.05) is 19.6 Å². The van der Waals surface area contributed by atoms with Crippen LogP contribution >= 0.6 is 0 Å². The zero-order chi connectivity index (χ0) is 9.97. The largest absolute Gasteiger partial charge is 0.475 e. The molecule has 1 aliphatic heterocycles. The second-order valence-corrected chi connectivity index (χ2v) is 3.60. The van der Waals surface area contributed by atoms with Crippen molar-refractivity contribution in [2.45, 2.75) is 6.42 Å². The third-order valence-electron chi connectivity index (χ3n) is 2.30. The van der Waals surface area contributed by atoms with Crippen LogP contribution in [0.1, 0.15) is 6.42 Å². The summed E-state index contributed by atoms with van der Waals surface area (Å²) in [5, 5.41) is 4.10. The van der Waals surface area contributed by atoms with Crippen LogP contribution in [0.25, 0.3) is 0 Å². The van der Waals surface area contributed by atoms with Gasteiger partial charge >= 0.3 is 0 Å². The summed E-state index contributed by atoms with van der Waals surface area (Å²) in [4.78, 5) is 0. The SMILES string of the molecule is Cn1cc(N)c(OCC2CCOC2)n1. The van der Waals surface area contributed by atoms with Gasteiger partial charge in [0.15, 0.2) is 0 Å². The lowest BCUT2D eigenvalue weighted by Crippen LogP contribution is -2.12. The fraction of sp³-hybridized carbons (Fsp3) is 0.667. The van der Waals surface area contributed by atoms with Crippen molar-refractivity contribution in [3.63, 3.8) is 0 Å². The van der Waals surface area contributed by atoms with Crippen molar-refractivity contribution in [1.82, 2.24) is 9.78 Å². The van der Waals surface area contributed by atoms with Gasteiger partial charge in [0.25, 0.3) is 5.88 Å². The minimum Gasteiger partial charge on any atom is -0.475 e. The molecule has 0 radical (unpaired) electrons. The maximum absolute atomic E-state index is 5.69. The summed E-state index contributed by atoms with van der Waals surface area (Å²) in [5.41, 5.74) is 6.28. The lowest BCUT2D eigenvalue weighted by atomic mass is 10.1. The van der Waals surface area contributed by atoms with Gasteiger partial charge in [-0.1, -0.05) is 0 Å². The number of anilines is 1. The van der Waals surface area contributed by atoms with E-state index in [4.69, 9.17) is 15.2 Å². The lowest BCUT2D eigenvalue weighted by molar-refractivity contribution is 0.165. The number of nitrogens with zero attached hydrogens (tertiary/aromatic N) is 2. The Morgan fingerprint density at radius 1 is 1.79 bits per heavy atom. The smallest absolute Gasteiger partial charge is 0.256 e. The van der Waals surface area contributed by atoms with Crippen LogP contribution in [0, 0.1) is 5.92 Å². The first kappa shape index (κ1) is 9.33. The Morgan fingerprint density at radius 3 is 3.21 bits per heavy atom. The molecular weight excluding hydrogens is 182 g/mol. The Labute approximate surface area is 82.8 Å². The van der Waals surface area contributed by atoms with Crippen molar-refractivity contribution in [3.05, 3.63) is 6.20 Å². The number of ether oxygens (including phenoxy) is 2. The maximum atomic E-state index is 5.69. The lowest BCUT2D eigenvalue weighted by Gasteiger charge is -2.07. The standard InChI is InChI=1S/C9H15N3O2/c1-12-4-8(10)9(11-12)14-6-7-2-3-13-5-7/h4,7H,2-3,5-6,10H2,1H3. The summed E-state index contributed by atoms with van der Waals surface area (Å²) in [7, 11) is 1.82. The summed E-state index contributed by atoms with van der Waals surface area (Å²) < 4.78 is 12.4. The minimum atomic E-state index is 0.483. The van der Waals surface area contributed by atoms with Gasteiger partial charge in [0.05, 0.1) is 19.4 Å². The quantitative estimate of drug-likeness (QED) is 0.762. The van der Waals surface area contributed by atoms with E-state index in [1.54, 1.807) is 10.9 Å². The van der Waals surface area contributed by atoms with E-state index in [2.05, 4.69) is 5.10 Å². The molecule has 2 rings (SSSR count). The first-order valence-corrected chi connectivity index (χ1v) is 4.75. The molecule has 1 unspecified atom stereocenters. The zero-order valence-electron chi connectivity index (χ0n) is 8.27. The molecule has 0 bridgehead atoms. The molecule has 0 amide bonds. The van der Waals surface area contributed by atoms with E-state index >= 15 is 0 Å². The average Bonchev–Trinajstić information content (AvgIpc) is 2.72. The minimum absolute atomic E-state index is 0.483. The van der Waals surface area contributed by atoms with Crippen molar-refractivity contribution in [3.8, 4) is 5.88 Å². The number of rotatable bonds is 3. The van der Waals surface area contributed by atoms with Gasteiger partial charge in [-0.25, -0.2) is 0 Å². The fourth-order valence-electron chi connectivity index (χ4n) is 1.51. The van der Waals surface area contributed by atoms with Crippen LogP contribution in [0.5, 0.6) is 5.88 Å². The number of aryl methyl sites for hydroxylation is 1. The maximum Gasteiger partial charge on any atom is 0.256 e. The van der Waals surface area contributed by atoms with Crippen molar-refractivity contribution in [2.75, 3.05) is 25.6 Å². The van der Waals surface area contributed by atoms with E-state index in [1.165, 1.54) is 0 Å². The molecule has 2 heterocycles. The molecule has 5 heteroatoms. The number of hydrogen-bond donors (Lipinski definition) is 1. The molecule has 1 atom stereocenters. The van der Waals surface area contributed by atoms with Crippen LogP contribution in [-0.2, 0) is 11.8 Å². The molecule has 0 aliphatic carbocycles. The van der Waals surface area contributed by atoms with Crippen molar-refractivity contribution >= 4 is 5.69 Å². The molecule has 1 saturated heterocycles. The van der Waals surface area contributed by atoms with Gasteiger partial charge in [-0.05, 0) is 6.42 Å². The molecule has 1 aliphatic rings. The highest BCUT2D eigenvalue weighted by molar-refractivity contribution is 5.45. The number of hydrogen-bond acceptors (Lipinski definition) is 4. The average molecular weight is 197 g/mol. The number of nitrogen functional groups attached to an aromatic ring is 1. The van der Waals surface area contributed by atoms with Gasteiger partial charge < -0.3 is 15.2 Å². The molecule has 1 aromatic rings. The molecule has 14 heavy (non-hydrogen) atoms. The van der Waals surface area contributed by atoms with Gasteiger partial charge in [-0.3, -0.25) is 4.68 Å². The van der Waals surface area contributed by atoms with Crippen molar-refractivity contribution in [1.29, 1.82) is 0 Å². The van der Waals surface area contributed by atoms with Gasteiger partial charge in [0.1, 0.15) is 5.69 Å². The zero-order valence-corrected chi connectivity index (χ0v) is 8.27. The Bertz CT molecular complexity index is 305. The van der Waals surface area contributed by atoms with E-state index in [1.807, 2.05) is 7.05 Å². The predicted octanol–water partition coefficient (Wildman–Crippen LogP) is 0.418. The van der Waals surface area contributed by atoms with Crippen LogP contribution in [0.2, 0.25) is 0 Å². The Hall–Kier alpha value is -1.23.